The molecule has 0 radical (unpaired) electrons. The molecule has 0 aliphatic heterocycles. The number of aromatic nitrogens is 1. The van der Waals surface area contributed by atoms with Gasteiger partial charge in [-0.15, -0.1) is 11.3 Å². The van der Waals surface area contributed by atoms with Crippen molar-refractivity contribution < 1.29 is 14.3 Å². The third-order valence-corrected chi connectivity index (χ3v) is 7.29. The first kappa shape index (κ1) is 17.4. The Kier molecular flexibility index (Phi) is 4.86. The van der Waals surface area contributed by atoms with E-state index in [-0.39, 0.29) is 11.3 Å². The lowest BCUT2D eigenvalue weighted by atomic mass is 9.75. The quantitative estimate of drug-likeness (QED) is 0.699. The second kappa shape index (κ2) is 6.97. The van der Waals surface area contributed by atoms with Crippen LogP contribution in [0.2, 0.25) is 0 Å². The molecule has 4 bridgehead atoms. The first-order valence-electron chi connectivity index (χ1n) is 9.43. The van der Waals surface area contributed by atoms with Gasteiger partial charge in [-0.1, -0.05) is 0 Å². The average Bonchev–Trinajstić information content (AvgIpc) is 3.13. The number of rotatable bonds is 7. The number of nitrogens with zero attached hydrogens (tertiary/aromatic N) is 2. The molecule has 1 amide bonds. The Hall–Kier alpha value is -0.980. The number of aryl methyl sites for hydroxylation is 1. The van der Waals surface area contributed by atoms with Gasteiger partial charge in [0.15, 0.2) is 4.80 Å². The normalized spacial score (nSPS) is 33.5. The Labute approximate surface area is 153 Å². The van der Waals surface area contributed by atoms with Crippen LogP contribution >= 0.6 is 11.3 Å². The van der Waals surface area contributed by atoms with E-state index in [9.17, 15) is 4.79 Å². The number of amides is 1. The maximum Gasteiger partial charge on any atom is 0.254 e. The van der Waals surface area contributed by atoms with Crippen molar-refractivity contribution in [1.82, 2.24) is 4.57 Å². The minimum atomic E-state index is -0.127. The van der Waals surface area contributed by atoms with Gasteiger partial charge in [-0.25, -0.2) is 0 Å². The summed E-state index contributed by atoms with van der Waals surface area (Å²) in [4.78, 5) is 19.8. The zero-order valence-corrected chi connectivity index (χ0v) is 16.0. The summed E-state index contributed by atoms with van der Waals surface area (Å²) in [6, 6.07) is 0. The van der Waals surface area contributed by atoms with Crippen LogP contribution in [0.1, 0.15) is 37.0 Å². The highest BCUT2D eigenvalue weighted by Crippen LogP contribution is 2.65. The molecule has 4 saturated carbocycles. The van der Waals surface area contributed by atoms with Gasteiger partial charge in [0.05, 0.1) is 25.2 Å². The van der Waals surface area contributed by atoms with Gasteiger partial charge in [0.2, 0.25) is 0 Å². The summed E-state index contributed by atoms with van der Waals surface area (Å²) in [5.74, 6) is 2.31. The van der Waals surface area contributed by atoms with E-state index in [1.54, 1.807) is 18.4 Å². The molecule has 2 atom stereocenters. The highest BCUT2D eigenvalue weighted by molar-refractivity contribution is 7.09. The van der Waals surface area contributed by atoms with Crippen molar-refractivity contribution in [2.45, 2.75) is 45.6 Å². The van der Waals surface area contributed by atoms with Crippen molar-refractivity contribution in [2.75, 3.05) is 26.9 Å². The number of methoxy groups -OCH3 is 1. The maximum atomic E-state index is 13.1. The van der Waals surface area contributed by atoms with Gasteiger partial charge in [0, 0.05) is 24.7 Å². The predicted octanol–water partition coefficient (Wildman–Crippen LogP) is 2.77. The van der Waals surface area contributed by atoms with Crippen molar-refractivity contribution >= 4 is 17.2 Å². The van der Waals surface area contributed by atoms with Gasteiger partial charge in [-0.3, -0.25) is 4.79 Å². The fourth-order valence-corrected chi connectivity index (χ4v) is 6.36. The van der Waals surface area contributed by atoms with E-state index in [2.05, 4.69) is 22.7 Å². The van der Waals surface area contributed by atoms with E-state index in [1.807, 2.05) is 0 Å². The molecule has 1 aromatic rings. The third-order valence-electron chi connectivity index (χ3n) is 6.36. The van der Waals surface area contributed by atoms with E-state index >= 15 is 0 Å². The standard InChI is InChI=1S/C19H28N2O3S/c1-13-12-21(3-4-24-6-5-23-2)18(25-13)20-17(22)19-10-14-7-15(11-19)9-16(19)8-14/h12,14-16H,3-11H2,1-2H3/b20-18-. The van der Waals surface area contributed by atoms with E-state index in [4.69, 9.17) is 9.47 Å². The number of thiazole rings is 1. The zero-order valence-electron chi connectivity index (χ0n) is 15.2. The Morgan fingerprint density at radius 1 is 1.28 bits per heavy atom. The van der Waals surface area contributed by atoms with Crippen LogP contribution in [0.5, 0.6) is 0 Å². The topological polar surface area (TPSA) is 52.8 Å². The summed E-state index contributed by atoms with van der Waals surface area (Å²) in [7, 11) is 1.67. The van der Waals surface area contributed by atoms with Crippen LogP contribution in [-0.4, -0.2) is 37.4 Å². The molecular weight excluding hydrogens is 336 g/mol. The number of carbonyl (C=O) groups excluding carboxylic acids is 1. The molecule has 138 valence electrons. The Bertz CT molecular complexity index is 694. The van der Waals surface area contributed by atoms with E-state index in [0.29, 0.717) is 25.7 Å². The van der Waals surface area contributed by atoms with Gasteiger partial charge in [0.25, 0.3) is 5.91 Å². The van der Waals surface area contributed by atoms with E-state index in [1.165, 1.54) is 24.1 Å². The molecule has 1 aromatic heterocycles. The summed E-state index contributed by atoms with van der Waals surface area (Å²) < 4.78 is 12.6. The molecule has 6 heteroatoms. The second-order valence-corrected chi connectivity index (χ2v) is 9.25. The number of hydrogen-bond donors (Lipinski definition) is 0. The third kappa shape index (κ3) is 3.24. The van der Waals surface area contributed by atoms with Crippen LogP contribution in [0.25, 0.3) is 0 Å². The molecule has 4 aliphatic rings. The first-order chi connectivity index (χ1) is 12.1. The number of hydrogen-bond acceptors (Lipinski definition) is 4. The lowest BCUT2D eigenvalue weighted by Gasteiger charge is -2.29. The fourth-order valence-electron chi connectivity index (χ4n) is 5.50. The molecule has 4 fully saturated rings. The van der Waals surface area contributed by atoms with E-state index in [0.717, 1.165) is 36.0 Å². The average molecular weight is 365 g/mol. The molecule has 5 nitrogen and oxygen atoms in total. The molecule has 0 N–H and O–H groups in total. The molecule has 1 heterocycles. The van der Waals surface area contributed by atoms with Crippen LogP contribution in [0.3, 0.4) is 0 Å². The highest BCUT2D eigenvalue weighted by atomic mass is 32.1. The van der Waals surface area contributed by atoms with Crippen LogP contribution in [0.15, 0.2) is 11.2 Å². The van der Waals surface area contributed by atoms with Crippen molar-refractivity contribution in [1.29, 1.82) is 0 Å². The van der Waals surface area contributed by atoms with E-state index < -0.39 is 0 Å². The summed E-state index contributed by atoms with van der Waals surface area (Å²) in [6.07, 6.45) is 8.11. The van der Waals surface area contributed by atoms with Gasteiger partial charge in [-0.2, -0.15) is 4.99 Å². The molecule has 5 rings (SSSR count). The van der Waals surface area contributed by atoms with Crippen molar-refractivity contribution in [3.05, 3.63) is 15.9 Å². The van der Waals surface area contributed by atoms with Crippen molar-refractivity contribution in [3.63, 3.8) is 0 Å². The Morgan fingerprint density at radius 3 is 2.76 bits per heavy atom. The summed E-state index contributed by atoms with van der Waals surface area (Å²) >= 11 is 1.61. The van der Waals surface area contributed by atoms with Crippen LogP contribution in [-0.2, 0) is 20.8 Å². The fraction of sp³-hybridized carbons (Fsp3) is 0.789. The summed E-state index contributed by atoms with van der Waals surface area (Å²) in [6.45, 7) is 4.60. The zero-order chi connectivity index (χ0) is 17.4. The Morgan fingerprint density at radius 2 is 2.04 bits per heavy atom. The van der Waals surface area contributed by atoms with Crippen molar-refractivity contribution in [3.8, 4) is 0 Å². The largest absolute Gasteiger partial charge is 0.382 e. The van der Waals surface area contributed by atoms with Crippen LogP contribution < -0.4 is 4.80 Å². The summed E-state index contributed by atoms with van der Waals surface area (Å²) in [5, 5.41) is 0. The minimum absolute atomic E-state index is 0.127. The summed E-state index contributed by atoms with van der Waals surface area (Å²) in [5.41, 5.74) is -0.127. The van der Waals surface area contributed by atoms with Crippen LogP contribution in [0, 0.1) is 30.1 Å². The van der Waals surface area contributed by atoms with Gasteiger partial charge >= 0.3 is 0 Å². The molecule has 0 aromatic carbocycles. The lowest BCUT2D eigenvalue weighted by Crippen LogP contribution is -2.33. The lowest BCUT2D eigenvalue weighted by molar-refractivity contribution is -0.129. The molecule has 0 saturated heterocycles. The monoisotopic (exact) mass is 364 g/mol. The molecular formula is C19H28N2O3S. The first-order valence-corrected chi connectivity index (χ1v) is 10.2. The van der Waals surface area contributed by atoms with Gasteiger partial charge in [-0.05, 0) is 56.8 Å². The maximum absolute atomic E-state index is 13.1. The number of ether oxygens (including phenoxy) is 2. The smallest absolute Gasteiger partial charge is 0.254 e. The predicted molar refractivity (Wildman–Crippen MR) is 96.3 cm³/mol. The number of carbonyl (C=O) groups is 1. The highest BCUT2D eigenvalue weighted by Gasteiger charge is 2.61. The molecule has 4 aliphatic carbocycles. The van der Waals surface area contributed by atoms with Gasteiger partial charge < -0.3 is 14.0 Å². The van der Waals surface area contributed by atoms with Gasteiger partial charge in [0.1, 0.15) is 0 Å². The van der Waals surface area contributed by atoms with Crippen LogP contribution in [0.4, 0.5) is 0 Å². The molecule has 2 unspecified atom stereocenters. The molecule has 0 spiro atoms. The second-order valence-electron chi connectivity index (χ2n) is 8.04. The van der Waals surface area contributed by atoms with Crippen molar-refractivity contribution in [2.24, 2.45) is 28.2 Å². The SMILES string of the molecule is COCCOCCn1cc(C)s/c1=N\C(=O)C12CC3CC(CC1C3)C2. The minimum Gasteiger partial charge on any atom is -0.382 e. The molecule has 25 heavy (non-hydrogen) atoms. The Balaban J connectivity index is 1.49.